The number of aromatic nitrogens is 2. The largest absolute Gasteiger partial charge is 0.468 e. The Kier molecular flexibility index (Phi) is 11.0. The van der Waals surface area contributed by atoms with E-state index in [0.29, 0.717) is 6.67 Å². The SMILES string of the molecule is CC(C)(C)B1OB(c2cccc(-c3ccccc3)c2N2CN(c3cccc(Sc4ccc5c6ccccc6n(-c6cc(C(C)(C)C)ccn6)c5c4)c3)c3ccccc32)OB(C(C)(C)C)O1. The van der Waals surface area contributed by atoms with Crippen LogP contribution in [0.2, 0.25) is 10.6 Å². The first-order valence-electron chi connectivity index (χ1n) is 22.7. The Morgan fingerprint density at radius 1 is 0.554 bits per heavy atom. The fourth-order valence-electron chi connectivity index (χ4n) is 9.04. The molecule has 0 atom stereocenters. The molecule has 2 aliphatic rings. The van der Waals surface area contributed by atoms with Gasteiger partial charge < -0.3 is 23.5 Å². The van der Waals surface area contributed by atoms with E-state index in [1.165, 1.54) is 16.3 Å². The number of fused-ring (bicyclic) bond motifs is 4. The smallest absolute Gasteiger partial charge is 0.452 e. The Morgan fingerprint density at radius 2 is 1.20 bits per heavy atom. The normalized spacial score (nSPS) is 14.8. The molecule has 1 fully saturated rings. The summed E-state index contributed by atoms with van der Waals surface area (Å²) in [6, 6.07) is 54.6. The quantitative estimate of drug-likeness (QED) is 0.148. The molecule has 0 saturated carbocycles. The maximum atomic E-state index is 6.83. The molecule has 11 heteroatoms. The molecule has 2 aliphatic heterocycles. The molecule has 65 heavy (non-hydrogen) atoms. The van der Waals surface area contributed by atoms with Gasteiger partial charge in [-0.05, 0) is 87.8 Å². The van der Waals surface area contributed by atoms with E-state index in [4.69, 9.17) is 18.7 Å². The van der Waals surface area contributed by atoms with Gasteiger partial charge in [0.05, 0.1) is 28.1 Å². The van der Waals surface area contributed by atoms with Gasteiger partial charge in [0.25, 0.3) is 0 Å². The van der Waals surface area contributed by atoms with Gasteiger partial charge in [0, 0.05) is 43.5 Å². The molecule has 2 aromatic heterocycles. The highest BCUT2D eigenvalue weighted by Gasteiger charge is 2.52. The molecule has 0 aliphatic carbocycles. The van der Waals surface area contributed by atoms with Crippen molar-refractivity contribution < 1.29 is 13.7 Å². The second kappa shape index (κ2) is 16.6. The second-order valence-corrected chi connectivity index (χ2v) is 21.7. The van der Waals surface area contributed by atoms with Crippen molar-refractivity contribution in [3.8, 4) is 16.9 Å². The van der Waals surface area contributed by atoms with Crippen LogP contribution in [0.15, 0.2) is 168 Å². The van der Waals surface area contributed by atoms with Gasteiger partial charge in [-0.3, -0.25) is 4.57 Å². The molecule has 7 nitrogen and oxygen atoms in total. The third-order valence-electron chi connectivity index (χ3n) is 12.4. The van der Waals surface area contributed by atoms with Gasteiger partial charge in [0.2, 0.25) is 0 Å². The predicted molar refractivity (Wildman–Crippen MR) is 275 cm³/mol. The Hall–Kier alpha value is -5.71. The van der Waals surface area contributed by atoms with Gasteiger partial charge in [0.1, 0.15) is 12.5 Å². The third-order valence-corrected chi connectivity index (χ3v) is 13.4. The van der Waals surface area contributed by atoms with Crippen LogP contribution in [0.5, 0.6) is 0 Å². The molecule has 4 heterocycles. The molecule has 6 aromatic carbocycles. The number of benzene rings is 6. The van der Waals surface area contributed by atoms with Gasteiger partial charge in [-0.15, -0.1) is 0 Å². The fraction of sp³-hybridized carbons (Fsp3) is 0.241. The predicted octanol–water partition coefficient (Wildman–Crippen LogP) is 13.9. The summed E-state index contributed by atoms with van der Waals surface area (Å²) >= 11 is 1.78. The van der Waals surface area contributed by atoms with Crippen LogP contribution < -0.4 is 15.3 Å². The standard InChI is InChI=1S/C54H55B3N4O3S/c1-52(2,3)38-31-32-58-50(33-38)61-46-26-14-13-23-43(46)44-30-29-41(35-49(44)61)65-40-22-17-21-39(34-40)59-36-60(48-28-16-15-27-47(48)59)51-42(37-19-11-10-12-20-37)24-18-25-45(51)55-62-56(53(4,5)6)64-57(63-55)54(7,8)9/h10-35H,36H2,1-9H3. The van der Waals surface area contributed by atoms with Gasteiger partial charge in [-0.25, -0.2) is 4.98 Å². The molecular formula is C54H55B3N4O3S. The lowest BCUT2D eigenvalue weighted by molar-refractivity contribution is 0.250. The van der Waals surface area contributed by atoms with Crippen LogP contribution in [0.25, 0.3) is 38.8 Å². The molecule has 0 N–H and O–H groups in total. The summed E-state index contributed by atoms with van der Waals surface area (Å²) in [5.41, 5.74) is 11.2. The van der Waals surface area contributed by atoms with E-state index in [2.05, 4.69) is 228 Å². The number of anilines is 4. The monoisotopic (exact) mass is 872 g/mol. The zero-order valence-corrected chi connectivity index (χ0v) is 39.7. The lowest BCUT2D eigenvalue weighted by Gasteiger charge is -2.41. The molecule has 0 spiro atoms. The van der Waals surface area contributed by atoms with E-state index in [9.17, 15) is 0 Å². The molecule has 8 aromatic rings. The van der Waals surface area contributed by atoms with Crippen LogP contribution in [-0.2, 0) is 19.1 Å². The van der Waals surface area contributed by atoms with E-state index in [0.717, 1.165) is 66.0 Å². The minimum atomic E-state index is -0.661. The summed E-state index contributed by atoms with van der Waals surface area (Å²) in [5.74, 6) is 0.931. The zero-order chi connectivity index (χ0) is 45.3. The van der Waals surface area contributed by atoms with Crippen molar-refractivity contribution in [2.75, 3.05) is 16.5 Å². The van der Waals surface area contributed by atoms with Crippen LogP contribution >= 0.6 is 11.8 Å². The van der Waals surface area contributed by atoms with Crippen LogP contribution in [-0.4, -0.2) is 37.6 Å². The molecule has 10 rings (SSSR count). The Labute approximate surface area is 389 Å². The topological polar surface area (TPSA) is 52.0 Å². The summed E-state index contributed by atoms with van der Waals surface area (Å²) < 4.78 is 22.5. The number of hydrogen-bond donors (Lipinski definition) is 0. The lowest BCUT2D eigenvalue weighted by atomic mass is 9.50. The first-order valence-corrected chi connectivity index (χ1v) is 23.5. The van der Waals surface area contributed by atoms with E-state index in [-0.39, 0.29) is 16.0 Å². The molecule has 0 amide bonds. The first-order chi connectivity index (χ1) is 31.1. The minimum absolute atomic E-state index is 0.00203. The van der Waals surface area contributed by atoms with E-state index in [1.807, 2.05) is 6.20 Å². The summed E-state index contributed by atoms with van der Waals surface area (Å²) in [7, 11) is -1.60. The number of hydrogen-bond acceptors (Lipinski definition) is 7. The summed E-state index contributed by atoms with van der Waals surface area (Å²) in [6.45, 7) is 20.3. The molecule has 1 saturated heterocycles. The van der Waals surface area contributed by atoms with Crippen molar-refractivity contribution in [1.82, 2.24) is 9.55 Å². The lowest BCUT2D eigenvalue weighted by Crippen LogP contribution is -2.59. The number of pyridine rings is 1. The van der Waals surface area contributed by atoms with Crippen molar-refractivity contribution in [2.45, 2.75) is 88.1 Å². The van der Waals surface area contributed by atoms with Gasteiger partial charge in [-0.1, -0.05) is 165 Å². The average Bonchev–Trinajstić information content (AvgIpc) is 3.84. The van der Waals surface area contributed by atoms with Crippen LogP contribution in [0.4, 0.5) is 22.7 Å². The number of nitrogens with zero attached hydrogens (tertiary/aromatic N) is 4. The molecule has 0 radical (unpaired) electrons. The van der Waals surface area contributed by atoms with Gasteiger partial charge in [0.15, 0.2) is 0 Å². The Morgan fingerprint density at radius 3 is 1.92 bits per heavy atom. The maximum Gasteiger partial charge on any atom is 0.468 e. The molecule has 324 valence electrons. The van der Waals surface area contributed by atoms with Crippen molar-refractivity contribution in [2.24, 2.45) is 0 Å². The van der Waals surface area contributed by atoms with Crippen molar-refractivity contribution in [1.29, 1.82) is 0 Å². The maximum absolute atomic E-state index is 6.83. The number of para-hydroxylation sites is 4. The molecule has 0 unspecified atom stereocenters. The van der Waals surface area contributed by atoms with Crippen LogP contribution in [0.3, 0.4) is 0 Å². The Bertz CT molecular complexity index is 3030. The van der Waals surface area contributed by atoms with Crippen LogP contribution in [0, 0.1) is 0 Å². The summed E-state index contributed by atoms with van der Waals surface area (Å²) in [4.78, 5) is 12.1. The van der Waals surface area contributed by atoms with E-state index >= 15 is 0 Å². The number of rotatable bonds is 7. The van der Waals surface area contributed by atoms with Gasteiger partial charge >= 0.3 is 21.4 Å². The Balaban J connectivity index is 1.03. The van der Waals surface area contributed by atoms with Gasteiger partial charge in [-0.2, -0.15) is 0 Å². The third kappa shape index (κ3) is 8.29. The van der Waals surface area contributed by atoms with E-state index < -0.39 is 21.4 Å². The average molecular weight is 873 g/mol. The highest BCUT2D eigenvalue weighted by Crippen LogP contribution is 2.48. The van der Waals surface area contributed by atoms with E-state index in [1.54, 1.807) is 11.8 Å². The van der Waals surface area contributed by atoms with Crippen molar-refractivity contribution >= 4 is 83.1 Å². The summed E-state index contributed by atoms with van der Waals surface area (Å²) in [6.07, 6.45) is 1.94. The fourth-order valence-corrected chi connectivity index (χ4v) is 9.95. The highest BCUT2D eigenvalue weighted by molar-refractivity contribution is 7.99. The summed E-state index contributed by atoms with van der Waals surface area (Å²) in [5, 5.41) is 1.88. The van der Waals surface area contributed by atoms with Crippen molar-refractivity contribution in [3.05, 3.63) is 163 Å². The second-order valence-electron chi connectivity index (χ2n) is 20.5. The first kappa shape index (κ1) is 43.2. The molecular weight excluding hydrogens is 817 g/mol. The van der Waals surface area contributed by atoms with Crippen LogP contribution in [0.1, 0.15) is 67.9 Å². The zero-order valence-electron chi connectivity index (χ0n) is 38.9. The molecule has 0 bridgehead atoms. The van der Waals surface area contributed by atoms with Crippen molar-refractivity contribution in [3.63, 3.8) is 0 Å². The minimum Gasteiger partial charge on any atom is -0.452 e. The highest BCUT2D eigenvalue weighted by atomic mass is 32.2.